The molecule has 3 rings (SSSR count). The van der Waals surface area contributed by atoms with E-state index in [9.17, 15) is 14.7 Å². The zero-order chi connectivity index (χ0) is 15.7. The molecule has 114 valence electrons. The number of rotatable bonds is 3. The van der Waals surface area contributed by atoms with Crippen LogP contribution in [0.3, 0.4) is 0 Å². The van der Waals surface area contributed by atoms with Crippen LogP contribution in [0.25, 0.3) is 5.76 Å². The normalized spacial score (nSPS) is 20.8. The van der Waals surface area contributed by atoms with Crippen LogP contribution in [-0.2, 0) is 14.3 Å². The van der Waals surface area contributed by atoms with Gasteiger partial charge in [-0.3, -0.25) is 9.59 Å². The fraction of sp³-hybridized carbons (Fsp3) is 0.294. The van der Waals surface area contributed by atoms with Gasteiger partial charge in [0.1, 0.15) is 5.76 Å². The summed E-state index contributed by atoms with van der Waals surface area (Å²) in [6, 6.07) is 6.52. The monoisotopic (exact) mass is 300 g/mol. The summed E-state index contributed by atoms with van der Waals surface area (Å²) in [7, 11) is 0. The second-order valence-corrected chi connectivity index (χ2v) is 5.40. The highest BCUT2D eigenvalue weighted by Crippen LogP contribution is 2.29. The molecule has 1 aromatic rings. The number of Topliss-reactive ketones (excluding diaryl/α,β-unsaturated/α-hetero) is 2. The maximum Gasteiger partial charge on any atom is 0.237 e. The zero-order valence-electron chi connectivity index (χ0n) is 12.2. The van der Waals surface area contributed by atoms with Gasteiger partial charge in [-0.25, -0.2) is 0 Å². The molecular formula is C17H16O5. The van der Waals surface area contributed by atoms with Crippen LogP contribution in [0, 0.1) is 0 Å². The summed E-state index contributed by atoms with van der Waals surface area (Å²) in [5, 5.41) is 10.3. The van der Waals surface area contributed by atoms with Crippen LogP contribution in [0.1, 0.15) is 29.3 Å². The molecular weight excluding hydrogens is 284 g/mol. The first kappa shape index (κ1) is 14.7. The molecule has 0 aromatic heterocycles. The van der Waals surface area contributed by atoms with Crippen LogP contribution >= 0.6 is 0 Å². The smallest absolute Gasteiger partial charge is 0.237 e. The van der Waals surface area contributed by atoms with Crippen molar-refractivity contribution < 1.29 is 24.2 Å². The van der Waals surface area contributed by atoms with Crippen LogP contribution in [0.5, 0.6) is 0 Å². The van der Waals surface area contributed by atoms with Crippen molar-refractivity contribution in [2.75, 3.05) is 13.2 Å². The second kappa shape index (κ2) is 5.51. The van der Waals surface area contributed by atoms with Gasteiger partial charge in [-0.2, -0.15) is 0 Å². The third-order valence-corrected chi connectivity index (χ3v) is 3.80. The number of ketones is 2. The fourth-order valence-electron chi connectivity index (χ4n) is 2.60. The van der Waals surface area contributed by atoms with E-state index in [1.807, 2.05) is 6.92 Å². The van der Waals surface area contributed by atoms with Crippen LogP contribution in [0.4, 0.5) is 0 Å². The molecule has 1 fully saturated rings. The number of ether oxygens (including phenoxy) is 2. The molecule has 5 heteroatoms. The average Bonchev–Trinajstić information content (AvgIpc) is 2.95. The van der Waals surface area contributed by atoms with E-state index in [0.29, 0.717) is 25.2 Å². The van der Waals surface area contributed by atoms with Gasteiger partial charge >= 0.3 is 0 Å². The maximum absolute atomic E-state index is 12.1. The summed E-state index contributed by atoms with van der Waals surface area (Å²) in [6.45, 7) is 2.87. The Morgan fingerprint density at radius 1 is 1.14 bits per heavy atom. The van der Waals surface area contributed by atoms with E-state index in [2.05, 4.69) is 0 Å². The molecule has 1 N–H and O–H groups in total. The van der Waals surface area contributed by atoms with Crippen LogP contribution in [0.15, 0.2) is 42.0 Å². The van der Waals surface area contributed by atoms with Crippen molar-refractivity contribution in [2.45, 2.75) is 19.1 Å². The highest BCUT2D eigenvalue weighted by Gasteiger charge is 2.32. The van der Waals surface area contributed by atoms with Crippen molar-refractivity contribution in [2.24, 2.45) is 0 Å². The number of benzene rings is 1. The third kappa shape index (κ3) is 2.49. The predicted molar refractivity (Wildman–Crippen MR) is 79.4 cm³/mol. The second-order valence-electron chi connectivity index (χ2n) is 5.40. The Morgan fingerprint density at radius 3 is 2.45 bits per heavy atom. The Labute approximate surface area is 127 Å². The van der Waals surface area contributed by atoms with E-state index in [4.69, 9.17) is 9.47 Å². The van der Waals surface area contributed by atoms with E-state index >= 15 is 0 Å². The highest BCUT2D eigenvalue weighted by atomic mass is 16.7. The lowest BCUT2D eigenvalue weighted by Crippen LogP contribution is -2.25. The Kier molecular flexibility index (Phi) is 3.68. The molecule has 0 unspecified atom stereocenters. The summed E-state index contributed by atoms with van der Waals surface area (Å²) >= 11 is 0. The predicted octanol–water partition coefficient (Wildman–Crippen LogP) is 2.43. The van der Waals surface area contributed by atoms with Gasteiger partial charge in [0, 0.05) is 17.5 Å². The molecule has 1 aromatic carbocycles. The lowest BCUT2D eigenvalue weighted by molar-refractivity contribution is -0.138. The fourth-order valence-corrected chi connectivity index (χ4v) is 2.60. The van der Waals surface area contributed by atoms with E-state index in [1.54, 1.807) is 24.3 Å². The Bertz CT molecular complexity index is 693. The molecule has 1 heterocycles. The number of aliphatic hydroxyl groups is 1. The minimum atomic E-state index is -0.716. The molecule has 1 aliphatic carbocycles. The molecule has 0 spiro atoms. The van der Waals surface area contributed by atoms with Gasteiger partial charge in [0.2, 0.25) is 11.6 Å². The number of carbonyl (C=O) groups excluding carboxylic acids is 2. The molecule has 22 heavy (non-hydrogen) atoms. The quantitative estimate of drug-likeness (QED) is 0.868. The average molecular weight is 300 g/mol. The molecule has 1 saturated heterocycles. The van der Waals surface area contributed by atoms with Gasteiger partial charge in [0.05, 0.1) is 18.8 Å². The summed E-state index contributed by atoms with van der Waals surface area (Å²) in [6.07, 6.45) is 3.56. The third-order valence-electron chi connectivity index (χ3n) is 3.80. The topological polar surface area (TPSA) is 72.8 Å². The van der Waals surface area contributed by atoms with Crippen molar-refractivity contribution >= 4 is 17.3 Å². The lowest BCUT2D eigenvalue weighted by Gasteiger charge is -2.20. The Hall–Kier alpha value is -2.24. The van der Waals surface area contributed by atoms with Crippen LogP contribution < -0.4 is 0 Å². The van der Waals surface area contributed by atoms with Gasteiger partial charge < -0.3 is 14.6 Å². The molecule has 0 bridgehead atoms. The number of fused-ring (bicyclic) bond motifs is 1. The minimum absolute atomic E-state index is 0.00490. The number of allylic oxidation sites excluding steroid dienone is 2. The molecule has 2 aliphatic rings. The molecule has 0 atom stereocenters. The molecule has 5 nitrogen and oxygen atoms in total. The molecule has 0 amide bonds. The largest absolute Gasteiger partial charge is 0.507 e. The summed E-state index contributed by atoms with van der Waals surface area (Å²) in [4.78, 5) is 24.2. The summed E-state index contributed by atoms with van der Waals surface area (Å²) < 4.78 is 10.9. The SMILES string of the molecule is CC1(C/C=C/C2=C(O)c3ccccc3C(=O)C2=O)OCCO1. The number of aliphatic hydroxyl groups excluding tert-OH is 1. The van der Waals surface area contributed by atoms with Crippen molar-refractivity contribution in [3.63, 3.8) is 0 Å². The van der Waals surface area contributed by atoms with Gasteiger partial charge in [-0.1, -0.05) is 36.4 Å². The van der Waals surface area contributed by atoms with E-state index in [-0.39, 0.29) is 16.9 Å². The van der Waals surface area contributed by atoms with Crippen LogP contribution in [0.2, 0.25) is 0 Å². The Balaban J connectivity index is 1.89. The van der Waals surface area contributed by atoms with E-state index < -0.39 is 17.4 Å². The van der Waals surface area contributed by atoms with Gasteiger partial charge in [0.15, 0.2) is 5.79 Å². The number of carbonyl (C=O) groups is 2. The van der Waals surface area contributed by atoms with Gasteiger partial charge in [-0.05, 0) is 6.92 Å². The first-order valence-corrected chi connectivity index (χ1v) is 7.08. The maximum atomic E-state index is 12.1. The van der Waals surface area contributed by atoms with Gasteiger partial charge in [0.25, 0.3) is 0 Å². The summed E-state index contributed by atoms with van der Waals surface area (Å²) in [5.41, 5.74) is 0.619. The lowest BCUT2D eigenvalue weighted by atomic mass is 9.88. The van der Waals surface area contributed by atoms with E-state index in [0.717, 1.165) is 0 Å². The standard InChI is InChI=1S/C17H16O5/c1-17(21-9-10-22-17)8-4-7-13-14(18)11-5-2-3-6-12(11)15(19)16(13)20/h2-7,18H,8-10H2,1H3/b7-4+. The molecule has 0 saturated carbocycles. The van der Waals surface area contributed by atoms with Crippen molar-refractivity contribution in [1.82, 2.24) is 0 Å². The van der Waals surface area contributed by atoms with Crippen LogP contribution in [-0.4, -0.2) is 35.7 Å². The van der Waals surface area contributed by atoms with Crippen molar-refractivity contribution in [1.29, 1.82) is 0 Å². The Morgan fingerprint density at radius 2 is 1.77 bits per heavy atom. The molecule has 1 aliphatic heterocycles. The first-order valence-electron chi connectivity index (χ1n) is 7.08. The molecule has 0 radical (unpaired) electrons. The highest BCUT2D eigenvalue weighted by molar-refractivity contribution is 6.52. The number of hydrogen-bond acceptors (Lipinski definition) is 5. The first-order chi connectivity index (χ1) is 10.5. The van der Waals surface area contributed by atoms with Gasteiger partial charge in [-0.15, -0.1) is 0 Å². The summed E-state index contributed by atoms with van der Waals surface area (Å²) in [5.74, 6) is -2.19. The number of hydrogen-bond donors (Lipinski definition) is 1. The van der Waals surface area contributed by atoms with Crippen molar-refractivity contribution in [3.05, 3.63) is 53.1 Å². The zero-order valence-corrected chi connectivity index (χ0v) is 12.2. The van der Waals surface area contributed by atoms with E-state index in [1.165, 1.54) is 12.1 Å². The minimum Gasteiger partial charge on any atom is -0.507 e. The van der Waals surface area contributed by atoms with Crippen molar-refractivity contribution in [3.8, 4) is 0 Å².